The number of hydrogen-bond acceptors (Lipinski definition) is 2. The van der Waals surface area contributed by atoms with Crippen LogP contribution in [-0.2, 0) is 0 Å². The maximum absolute atomic E-state index is 7.61. The van der Waals surface area contributed by atoms with Crippen LogP contribution >= 0.6 is 0 Å². The summed E-state index contributed by atoms with van der Waals surface area (Å²) in [6, 6.07) is 0.778. The molecule has 0 radical (unpaired) electrons. The molecule has 2 aliphatic rings. The van der Waals surface area contributed by atoms with Crippen molar-refractivity contribution < 1.29 is 0 Å². The van der Waals surface area contributed by atoms with Crippen LogP contribution in [0.5, 0.6) is 0 Å². The van der Waals surface area contributed by atoms with E-state index in [4.69, 9.17) is 11.1 Å². The molecule has 0 spiro atoms. The Labute approximate surface area is 105 Å². The predicted octanol–water partition coefficient (Wildman–Crippen LogP) is 2.60. The van der Waals surface area contributed by atoms with Crippen LogP contribution < -0.4 is 5.73 Å². The van der Waals surface area contributed by atoms with Gasteiger partial charge < -0.3 is 5.73 Å². The van der Waals surface area contributed by atoms with Crippen LogP contribution in [0, 0.1) is 17.2 Å². The fourth-order valence-electron chi connectivity index (χ4n) is 3.51. The molecular weight excluding hydrogens is 210 g/mol. The van der Waals surface area contributed by atoms with Gasteiger partial charge in [0.25, 0.3) is 0 Å². The summed E-state index contributed by atoms with van der Waals surface area (Å²) in [6.07, 6.45) is 9.23. The van der Waals surface area contributed by atoms with Gasteiger partial charge in [0, 0.05) is 18.5 Å². The number of likely N-dealkylation sites (tertiary alicyclic amines) is 1. The molecule has 0 aromatic heterocycles. The van der Waals surface area contributed by atoms with Gasteiger partial charge in [-0.05, 0) is 51.0 Å². The van der Waals surface area contributed by atoms with Crippen molar-refractivity contribution >= 4 is 5.84 Å². The Kier molecular flexibility index (Phi) is 4.43. The molecule has 3 heteroatoms. The molecule has 98 valence electrons. The average Bonchev–Trinajstić information content (AvgIpc) is 2.39. The molecule has 2 fully saturated rings. The molecule has 0 amide bonds. The Hall–Kier alpha value is -0.570. The topological polar surface area (TPSA) is 53.1 Å². The monoisotopic (exact) mass is 237 g/mol. The summed E-state index contributed by atoms with van der Waals surface area (Å²) in [5, 5.41) is 7.61. The average molecular weight is 237 g/mol. The lowest BCUT2D eigenvalue weighted by Gasteiger charge is -2.41. The number of nitrogens with zero attached hydrogens (tertiary/aromatic N) is 1. The minimum absolute atomic E-state index is 0.327. The fourth-order valence-corrected chi connectivity index (χ4v) is 3.51. The van der Waals surface area contributed by atoms with Crippen molar-refractivity contribution in [3.8, 4) is 0 Å². The third-order valence-corrected chi connectivity index (χ3v) is 4.80. The second-order valence-electron chi connectivity index (χ2n) is 5.87. The summed E-state index contributed by atoms with van der Waals surface area (Å²) in [6.45, 7) is 4.58. The first-order chi connectivity index (χ1) is 8.20. The highest BCUT2D eigenvalue weighted by Crippen LogP contribution is 2.31. The number of amidine groups is 1. The highest BCUT2D eigenvalue weighted by molar-refractivity contribution is 5.79. The van der Waals surface area contributed by atoms with E-state index in [-0.39, 0.29) is 0 Å². The Bertz CT molecular complexity index is 256. The molecule has 0 aromatic carbocycles. The molecule has 2 rings (SSSR count). The van der Waals surface area contributed by atoms with Crippen molar-refractivity contribution in [2.24, 2.45) is 17.6 Å². The van der Waals surface area contributed by atoms with E-state index in [2.05, 4.69) is 11.8 Å². The van der Waals surface area contributed by atoms with E-state index in [1.54, 1.807) is 0 Å². The maximum atomic E-state index is 7.61. The molecular formula is C14H27N3. The summed E-state index contributed by atoms with van der Waals surface area (Å²) in [4.78, 5) is 2.61. The third-order valence-electron chi connectivity index (χ3n) is 4.80. The van der Waals surface area contributed by atoms with E-state index in [0.717, 1.165) is 24.9 Å². The second kappa shape index (κ2) is 5.85. The van der Waals surface area contributed by atoms with Crippen molar-refractivity contribution in [1.82, 2.24) is 4.90 Å². The van der Waals surface area contributed by atoms with Gasteiger partial charge in [0.05, 0.1) is 5.84 Å². The highest BCUT2D eigenvalue weighted by atomic mass is 15.2. The fraction of sp³-hybridized carbons (Fsp3) is 0.929. The second-order valence-corrected chi connectivity index (χ2v) is 5.87. The van der Waals surface area contributed by atoms with Gasteiger partial charge in [-0.3, -0.25) is 10.3 Å². The molecule has 0 bridgehead atoms. The molecule has 17 heavy (non-hydrogen) atoms. The molecule has 1 unspecified atom stereocenters. The van der Waals surface area contributed by atoms with Gasteiger partial charge in [0.1, 0.15) is 0 Å². The normalized spacial score (nSPS) is 35.7. The predicted molar refractivity (Wildman–Crippen MR) is 72.2 cm³/mol. The number of nitrogens with two attached hydrogens (primary N) is 1. The van der Waals surface area contributed by atoms with Gasteiger partial charge in [-0.25, -0.2) is 0 Å². The van der Waals surface area contributed by atoms with Gasteiger partial charge in [-0.15, -0.1) is 0 Å². The van der Waals surface area contributed by atoms with Crippen molar-refractivity contribution in [1.29, 1.82) is 5.41 Å². The van der Waals surface area contributed by atoms with E-state index in [1.807, 2.05) is 0 Å². The maximum Gasteiger partial charge on any atom is 0.0949 e. The lowest BCUT2D eigenvalue weighted by molar-refractivity contribution is 0.101. The first kappa shape index (κ1) is 12.9. The summed E-state index contributed by atoms with van der Waals surface area (Å²) >= 11 is 0. The molecule has 3 N–H and O–H groups in total. The van der Waals surface area contributed by atoms with Crippen molar-refractivity contribution in [2.75, 3.05) is 13.1 Å². The quantitative estimate of drug-likeness (QED) is 0.585. The van der Waals surface area contributed by atoms with Gasteiger partial charge in [-0.1, -0.05) is 13.3 Å². The van der Waals surface area contributed by atoms with Crippen LogP contribution in [0.3, 0.4) is 0 Å². The van der Waals surface area contributed by atoms with E-state index < -0.39 is 0 Å². The number of piperidine rings is 1. The highest BCUT2D eigenvalue weighted by Gasteiger charge is 2.29. The van der Waals surface area contributed by atoms with E-state index >= 15 is 0 Å². The first-order valence-corrected chi connectivity index (χ1v) is 7.28. The molecule has 3 nitrogen and oxygen atoms in total. The molecule has 1 atom stereocenters. The summed E-state index contributed by atoms with van der Waals surface area (Å²) < 4.78 is 0. The zero-order chi connectivity index (χ0) is 12.3. The summed E-state index contributed by atoms with van der Waals surface area (Å²) in [7, 11) is 0. The Morgan fingerprint density at radius 3 is 2.53 bits per heavy atom. The molecule has 1 heterocycles. The molecule has 1 aliphatic heterocycles. The third kappa shape index (κ3) is 3.21. The summed E-state index contributed by atoms with van der Waals surface area (Å²) in [5.41, 5.74) is 5.66. The van der Waals surface area contributed by atoms with Gasteiger partial charge in [-0.2, -0.15) is 0 Å². The van der Waals surface area contributed by atoms with Crippen LogP contribution in [0.2, 0.25) is 0 Å². The van der Waals surface area contributed by atoms with E-state index in [1.165, 1.54) is 45.1 Å². The van der Waals surface area contributed by atoms with Crippen LogP contribution in [0.4, 0.5) is 0 Å². The molecule has 0 aromatic rings. The van der Waals surface area contributed by atoms with Gasteiger partial charge in [0.2, 0.25) is 0 Å². The molecule has 1 saturated heterocycles. The van der Waals surface area contributed by atoms with Gasteiger partial charge in [0.15, 0.2) is 0 Å². The van der Waals surface area contributed by atoms with Crippen LogP contribution in [-0.4, -0.2) is 29.9 Å². The van der Waals surface area contributed by atoms with Crippen LogP contribution in [0.1, 0.15) is 51.9 Å². The smallest absolute Gasteiger partial charge is 0.0949 e. The van der Waals surface area contributed by atoms with Crippen molar-refractivity contribution in [2.45, 2.75) is 57.9 Å². The van der Waals surface area contributed by atoms with Crippen molar-refractivity contribution in [3.05, 3.63) is 0 Å². The standard InChI is InChI=1S/C14H27N3/c1-2-11-5-7-13(8-6-11)17-9-3-4-12(10-17)14(15)16/h11-13H,2-10H2,1H3,(H3,15,16). The van der Waals surface area contributed by atoms with Gasteiger partial charge >= 0.3 is 0 Å². The molecule has 1 aliphatic carbocycles. The first-order valence-electron chi connectivity index (χ1n) is 7.28. The zero-order valence-electron chi connectivity index (χ0n) is 11.1. The summed E-state index contributed by atoms with van der Waals surface area (Å²) in [5.74, 6) is 1.70. The minimum atomic E-state index is 0.327. The lowest BCUT2D eigenvalue weighted by atomic mass is 9.83. The SMILES string of the molecule is CCC1CCC(N2CCCC(C(=N)N)C2)CC1. The minimum Gasteiger partial charge on any atom is -0.387 e. The van der Waals surface area contributed by atoms with Crippen LogP contribution in [0.15, 0.2) is 0 Å². The Balaban J connectivity index is 1.84. The molecule has 1 saturated carbocycles. The number of hydrogen-bond donors (Lipinski definition) is 2. The Morgan fingerprint density at radius 2 is 1.94 bits per heavy atom. The lowest BCUT2D eigenvalue weighted by Crippen LogP contribution is -2.47. The van der Waals surface area contributed by atoms with Crippen LogP contribution in [0.25, 0.3) is 0 Å². The van der Waals surface area contributed by atoms with E-state index in [0.29, 0.717) is 11.8 Å². The van der Waals surface area contributed by atoms with E-state index in [9.17, 15) is 0 Å². The zero-order valence-corrected chi connectivity index (χ0v) is 11.1. The largest absolute Gasteiger partial charge is 0.387 e. The van der Waals surface area contributed by atoms with Crippen molar-refractivity contribution in [3.63, 3.8) is 0 Å². The number of nitrogens with one attached hydrogen (secondary N) is 1. The number of rotatable bonds is 3. The Morgan fingerprint density at radius 1 is 1.24 bits per heavy atom.